The lowest BCUT2D eigenvalue weighted by Crippen LogP contribution is -2.22. The third-order valence-electron chi connectivity index (χ3n) is 2.57. The summed E-state index contributed by atoms with van der Waals surface area (Å²) in [7, 11) is 1.66. The molecule has 0 aliphatic rings. The Balaban J connectivity index is 0.00000220. The van der Waals surface area contributed by atoms with Gasteiger partial charge in [0.25, 0.3) is 0 Å². The predicted molar refractivity (Wildman–Crippen MR) is 98.4 cm³/mol. The average molecular weight is 418 g/mol. The van der Waals surface area contributed by atoms with Crippen molar-refractivity contribution in [2.75, 3.05) is 12.4 Å². The third kappa shape index (κ3) is 5.98. The van der Waals surface area contributed by atoms with Crippen molar-refractivity contribution in [3.8, 4) is 0 Å². The molecule has 1 aromatic carbocycles. The van der Waals surface area contributed by atoms with Crippen molar-refractivity contribution in [2.24, 2.45) is 10.7 Å². The zero-order valence-corrected chi connectivity index (χ0v) is 15.1. The summed E-state index contributed by atoms with van der Waals surface area (Å²) in [6, 6.07) is 7.98. The SMILES string of the molecule is COCc1nc(CN=C(N)Nc2cccc(C)c2)cs1.I. The first-order valence-electron chi connectivity index (χ1n) is 6.23. The van der Waals surface area contributed by atoms with Gasteiger partial charge in [-0.1, -0.05) is 12.1 Å². The van der Waals surface area contributed by atoms with Crippen molar-refractivity contribution in [3.05, 3.63) is 45.9 Å². The van der Waals surface area contributed by atoms with Gasteiger partial charge in [0.05, 0.1) is 18.8 Å². The molecular formula is C14H19IN4OS. The van der Waals surface area contributed by atoms with Gasteiger partial charge in [0.1, 0.15) is 5.01 Å². The van der Waals surface area contributed by atoms with Gasteiger partial charge in [-0.2, -0.15) is 0 Å². The van der Waals surface area contributed by atoms with Gasteiger partial charge in [-0.05, 0) is 24.6 Å². The maximum Gasteiger partial charge on any atom is 0.193 e. The molecule has 114 valence electrons. The topological polar surface area (TPSA) is 72.5 Å². The Labute approximate surface area is 145 Å². The molecule has 0 unspecified atom stereocenters. The van der Waals surface area contributed by atoms with E-state index in [-0.39, 0.29) is 24.0 Å². The van der Waals surface area contributed by atoms with Crippen LogP contribution in [0.25, 0.3) is 0 Å². The zero-order valence-electron chi connectivity index (χ0n) is 12.0. The van der Waals surface area contributed by atoms with Crippen LogP contribution in [0.3, 0.4) is 0 Å². The van der Waals surface area contributed by atoms with Crippen LogP contribution in [0.2, 0.25) is 0 Å². The normalized spacial score (nSPS) is 11.0. The summed E-state index contributed by atoms with van der Waals surface area (Å²) in [6.45, 7) is 3.03. The van der Waals surface area contributed by atoms with Gasteiger partial charge in [-0.3, -0.25) is 0 Å². The average Bonchev–Trinajstić information content (AvgIpc) is 2.85. The summed E-state index contributed by atoms with van der Waals surface area (Å²) in [5, 5.41) is 5.98. The number of aryl methyl sites for hydroxylation is 1. The number of benzene rings is 1. The number of nitrogens with zero attached hydrogens (tertiary/aromatic N) is 2. The van der Waals surface area contributed by atoms with Gasteiger partial charge < -0.3 is 15.8 Å². The first-order valence-corrected chi connectivity index (χ1v) is 7.11. The first kappa shape index (κ1) is 17.9. The molecule has 2 aromatic rings. The summed E-state index contributed by atoms with van der Waals surface area (Å²) >= 11 is 1.57. The Morgan fingerprint density at radius 1 is 1.48 bits per heavy atom. The summed E-state index contributed by atoms with van der Waals surface area (Å²) < 4.78 is 5.03. The number of ether oxygens (including phenoxy) is 1. The molecule has 0 saturated carbocycles. The number of aromatic nitrogens is 1. The Morgan fingerprint density at radius 2 is 2.29 bits per heavy atom. The Bertz CT molecular complexity index is 600. The molecule has 7 heteroatoms. The molecule has 1 aromatic heterocycles. The predicted octanol–water partition coefficient (Wildman–Crippen LogP) is 3.14. The standard InChI is InChI=1S/C14H18N4OS.HI/c1-10-4-3-5-11(6-10)18-14(15)16-7-12-9-20-13(17-12)8-19-2;/h3-6,9H,7-8H2,1-2H3,(H3,15,16,18);1H. The third-order valence-corrected chi connectivity index (χ3v) is 3.44. The number of aliphatic imine (C=N–C) groups is 1. The smallest absolute Gasteiger partial charge is 0.193 e. The van der Waals surface area contributed by atoms with Gasteiger partial charge in [0, 0.05) is 18.2 Å². The molecule has 0 radical (unpaired) electrons. The lowest BCUT2D eigenvalue weighted by atomic mass is 10.2. The van der Waals surface area contributed by atoms with E-state index in [4.69, 9.17) is 10.5 Å². The molecule has 0 spiro atoms. The molecule has 5 nitrogen and oxygen atoms in total. The minimum Gasteiger partial charge on any atom is -0.378 e. The van der Waals surface area contributed by atoms with Crippen molar-refractivity contribution in [3.63, 3.8) is 0 Å². The number of methoxy groups -OCH3 is 1. The van der Waals surface area contributed by atoms with Crippen LogP contribution in [0.1, 0.15) is 16.3 Å². The quantitative estimate of drug-likeness (QED) is 0.445. The van der Waals surface area contributed by atoms with Crippen LogP contribution in [-0.2, 0) is 17.9 Å². The fourth-order valence-electron chi connectivity index (χ4n) is 1.69. The van der Waals surface area contributed by atoms with Crippen LogP contribution in [0.15, 0.2) is 34.6 Å². The van der Waals surface area contributed by atoms with E-state index in [1.165, 1.54) is 5.56 Å². The minimum atomic E-state index is 0. The van der Waals surface area contributed by atoms with Crippen LogP contribution in [0.5, 0.6) is 0 Å². The van der Waals surface area contributed by atoms with E-state index in [1.54, 1.807) is 18.4 Å². The number of nitrogens with two attached hydrogens (primary N) is 1. The second-order valence-electron chi connectivity index (χ2n) is 4.36. The highest BCUT2D eigenvalue weighted by Crippen LogP contribution is 2.12. The maximum absolute atomic E-state index is 5.86. The lowest BCUT2D eigenvalue weighted by Gasteiger charge is -2.05. The first-order chi connectivity index (χ1) is 9.67. The summed E-state index contributed by atoms with van der Waals surface area (Å²) in [5.41, 5.74) is 8.87. The number of hydrogen-bond acceptors (Lipinski definition) is 4. The monoisotopic (exact) mass is 418 g/mol. The zero-order chi connectivity index (χ0) is 14.4. The number of anilines is 1. The molecule has 0 amide bonds. The van der Waals surface area contributed by atoms with E-state index in [2.05, 4.69) is 15.3 Å². The van der Waals surface area contributed by atoms with Crippen molar-refractivity contribution < 1.29 is 4.74 Å². The minimum absolute atomic E-state index is 0. The van der Waals surface area contributed by atoms with Crippen LogP contribution in [0, 0.1) is 6.92 Å². The highest BCUT2D eigenvalue weighted by atomic mass is 127. The number of hydrogen-bond donors (Lipinski definition) is 2. The van der Waals surface area contributed by atoms with E-state index in [9.17, 15) is 0 Å². The van der Waals surface area contributed by atoms with Crippen molar-refractivity contribution >= 4 is 47.0 Å². The molecule has 21 heavy (non-hydrogen) atoms. The molecular weight excluding hydrogens is 399 g/mol. The number of guanidine groups is 1. The van der Waals surface area contributed by atoms with E-state index >= 15 is 0 Å². The van der Waals surface area contributed by atoms with Crippen molar-refractivity contribution in [1.82, 2.24) is 4.98 Å². The highest BCUT2D eigenvalue weighted by molar-refractivity contribution is 14.0. The van der Waals surface area contributed by atoms with Gasteiger partial charge in [0.15, 0.2) is 5.96 Å². The van der Waals surface area contributed by atoms with Crippen molar-refractivity contribution in [1.29, 1.82) is 0 Å². The Morgan fingerprint density at radius 3 is 3.00 bits per heavy atom. The highest BCUT2D eigenvalue weighted by Gasteiger charge is 2.01. The molecule has 0 aliphatic heterocycles. The van der Waals surface area contributed by atoms with Crippen LogP contribution >= 0.6 is 35.3 Å². The Hall–Kier alpha value is -1.19. The number of nitrogens with one attached hydrogen (secondary N) is 1. The molecule has 0 atom stereocenters. The van der Waals surface area contributed by atoms with Crippen molar-refractivity contribution in [2.45, 2.75) is 20.1 Å². The van der Waals surface area contributed by atoms with E-state index < -0.39 is 0 Å². The second-order valence-corrected chi connectivity index (χ2v) is 5.30. The van der Waals surface area contributed by atoms with Crippen LogP contribution in [-0.4, -0.2) is 18.1 Å². The van der Waals surface area contributed by atoms with Gasteiger partial charge in [-0.15, -0.1) is 35.3 Å². The summed E-state index contributed by atoms with van der Waals surface area (Å²) in [5.74, 6) is 0.386. The molecule has 0 saturated heterocycles. The van der Waals surface area contributed by atoms with Gasteiger partial charge in [-0.25, -0.2) is 9.98 Å². The fraction of sp³-hybridized carbons (Fsp3) is 0.286. The lowest BCUT2D eigenvalue weighted by molar-refractivity contribution is 0.184. The van der Waals surface area contributed by atoms with Gasteiger partial charge in [0.2, 0.25) is 0 Å². The van der Waals surface area contributed by atoms with E-state index in [0.717, 1.165) is 16.4 Å². The van der Waals surface area contributed by atoms with Gasteiger partial charge >= 0.3 is 0 Å². The summed E-state index contributed by atoms with van der Waals surface area (Å²) in [4.78, 5) is 8.68. The van der Waals surface area contributed by atoms with Crippen LogP contribution < -0.4 is 11.1 Å². The number of thiazole rings is 1. The number of halogens is 1. The molecule has 0 fully saturated rings. The summed E-state index contributed by atoms with van der Waals surface area (Å²) in [6.07, 6.45) is 0. The fourth-order valence-corrected chi connectivity index (χ4v) is 2.44. The molecule has 2 rings (SSSR count). The molecule has 3 N–H and O–H groups in total. The van der Waals surface area contributed by atoms with E-state index in [0.29, 0.717) is 19.1 Å². The number of rotatable bonds is 5. The molecule has 0 bridgehead atoms. The maximum atomic E-state index is 5.86. The largest absolute Gasteiger partial charge is 0.378 e. The van der Waals surface area contributed by atoms with E-state index in [1.807, 2.05) is 36.6 Å². The van der Waals surface area contributed by atoms with Crippen LogP contribution in [0.4, 0.5) is 5.69 Å². The second kappa shape index (κ2) is 8.96. The Kier molecular flexibility index (Phi) is 7.62. The molecule has 0 aliphatic carbocycles. The molecule has 1 heterocycles.